The molecule has 11 heteroatoms. The number of hydrogen-bond acceptors (Lipinski definition) is 9. The van der Waals surface area contributed by atoms with Crippen molar-refractivity contribution in [1.29, 1.82) is 0 Å². The molecular weight excluding hydrogens is 506 g/mol. The Balaban J connectivity index is 1.80. The maximum atomic E-state index is 17.3. The molecule has 0 bridgehead atoms. The van der Waals surface area contributed by atoms with Gasteiger partial charge in [-0.1, -0.05) is 19.9 Å². The maximum absolute atomic E-state index is 17.3. The zero-order valence-electron chi connectivity index (χ0n) is 21.8. The fourth-order valence-electron chi connectivity index (χ4n) is 7.53. The molecule has 9 nitrogen and oxygen atoms in total. The number of ketones is 2. The van der Waals surface area contributed by atoms with Crippen LogP contribution in [0.3, 0.4) is 0 Å². The zero-order valence-corrected chi connectivity index (χ0v) is 21.8. The average molecular weight is 539 g/mol. The average Bonchev–Trinajstić information content (AvgIpc) is 3.12. The minimum Gasteiger partial charge on any atom is -0.450 e. The summed E-state index contributed by atoms with van der Waals surface area (Å²) >= 11 is 0. The molecule has 1 N–H and O–H groups in total. The van der Waals surface area contributed by atoms with E-state index in [0.29, 0.717) is 6.42 Å². The van der Waals surface area contributed by atoms with E-state index in [4.69, 9.17) is 4.74 Å². The summed E-state index contributed by atoms with van der Waals surface area (Å²) < 4.78 is 38.6. The van der Waals surface area contributed by atoms with E-state index in [1.54, 1.807) is 6.92 Å². The predicted octanol–water partition coefficient (Wildman–Crippen LogP) is 2.98. The molecule has 0 spiro atoms. The number of aliphatic hydroxyl groups excluding tert-OH is 1. The largest absolute Gasteiger partial charge is 0.450 e. The molecule has 208 valence electrons. The van der Waals surface area contributed by atoms with Gasteiger partial charge in [0.1, 0.15) is 6.17 Å². The number of aliphatic hydroxyl groups is 1. The molecule has 3 unspecified atom stereocenters. The molecule has 38 heavy (non-hydrogen) atoms. The number of rotatable bonds is 5. The maximum Gasteiger partial charge on any atom is 0.425 e. The first-order valence-corrected chi connectivity index (χ1v) is 12.8. The first kappa shape index (κ1) is 28.1. The van der Waals surface area contributed by atoms with Crippen molar-refractivity contribution in [3.05, 3.63) is 23.8 Å². The van der Waals surface area contributed by atoms with Crippen molar-refractivity contribution in [2.24, 2.45) is 22.7 Å². The van der Waals surface area contributed by atoms with E-state index in [-0.39, 0.29) is 31.3 Å². The highest BCUT2D eigenvalue weighted by molar-refractivity contribution is 6.37. The fourth-order valence-corrected chi connectivity index (χ4v) is 7.53. The molecule has 0 heterocycles. The van der Waals surface area contributed by atoms with Gasteiger partial charge in [-0.2, -0.15) is 0 Å². The molecule has 4 rings (SSSR count). The van der Waals surface area contributed by atoms with Crippen molar-refractivity contribution in [1.82, 2.24) is 0 Å². The molecule has 0 aromatic carbocycles. The molecule has 8 atom stereocenters. The third kappa shape index (κ3) is 3.76. The van der Waals surface area contributed by atoms with Gasteiger partial charge < -0.3 is 9.84 Å². The summed E-state index contributed by atoms with van der Waals surface area (Å²) in [5, 5.41) is 11.4. The Morgan fingerprint density at radius 1 is 1.16 bits per heavy atom. The summed E-state index contributed by atoms with van der Waals surface area (Å²) in [6, 6.07) is 0. The zero-order chi connectivity index (χ0) is 28.3. The van der Waals surface area contributed by atoms with Crippen LogP contribution in [0.4, 0.5) is 8.78 Å². The Morgan fingerprint density at radius 2 is 1.84 bits per heavy atom. The fraction of sp³-hybridized carbons (Fsp3) is 0.667. The third-order valence-electron chi connectivity index (χ3n) is 9.28. The molecule has 3 fully saturated rings. The summed E-state index contributed by atoms with van der Waals surface area (Å²) in [5.41, 5.74) is -7.75. The highest BCUT2D eigenvalue weighted by atomic mass is 19.1. The van der Waals surface area contributed by atoms with Gasteiger partial charge in [0.15, 0.2) is 17.1 Å². The van der Waals surface area contributed by atoms with Crippen LogP contribution in [-0.2, 0) is 38.5 Å². The van der Waals surface area contributed by atoms with Crippen LogP contribution in [-0.4, -0.2) is 58.1 Å². The Morgan fingerprint density at radius 3 is 2.47 bits per heavy atom. The summed E-state index contributed by atoms with van der Waals surface area (Å²) in [6.07, 6.45) is -0.555. The molecule has 4 aliphatic carbocycles. The van der Waals surface area contributed by atoms with Crippen LogP contribution < -0.4 is 0 Å². The Bertz CT molecular complexity index is 1150. The second-order valence-electron chi connectivity index (χ2n) is 11.2. The Kier molecular flexibility index (Phi) is 6.91. The van der Waals surface area contributed by atoms with E-state index in [0.717, 1.165) is 19.1 Å². The normalized spacial score (nSPS) is 41.2. The summed E-state index contributed by atoms with van der Waals surface area (Å²) in [4.78, 5) is 70.6. The predicted molar refractivity (Wildman–Crippen MR) is 125 cm³/mol. The minimum atomic E-state index is -2.41. The smallest absolute Gasteiger partial charge is 0.425 e. The van der Waals surface area contributed by atoms with Crippen molar-refractivity contribution >= 4 is 29.5 Å². The number of alkyl halides is 2. The Labute approximate surface area is 218 Å². The second kappa shape index (κ2) is 9.36. The van der Waals surface area contributed by atoms with E-state index in [1.165, 1.54) is 19.9 Å². The van der Waals surface area contributed by atoms with Crippen molar-refractivity contribution in [2.75, 3.05) is 0 Å². The molecule has 0 aliphatic heterocycles. The number of carbonyl (C=O) groups is 5. The van der Waals surface area contributed by atoms with Gasteiger partial charge in [-0.15, -0.1) is 0 Å². The number of fused-ring (bicyclic) bond motifs is 5. The van der Waals surface area contributed by atoms with Crippen LogP contribution in [0, 0.1) is 22.7 Å². The van der Waals surface area contributed by atoms with Gasteiger partial charge in [-0.3, -0.25) is 14.4 Å². The number of esters is 1. The molecule has 0 radical (unpaired) electrons. The molecular formula is C27H32F2O9. The monoisotopic (exact) mass is 538 g/mol. The van der Waals surface area contributed by atoms with Crippen LogP contribution in [0.15, 0.2) is 23.8 Å². The Hall–Kier alpha value is -2.95. The lowest BCUT2D eigenvalue weighted by atomic mass is 9.44. The minimum absolute atomic E-state index is 0.0499. The lowest BCUT2D eigenvalue weighted by molar-refractivity contribution is -0.259. The number of Topliss-reactive ketones (excluding diaryl/α,β-unsaturated/α-hetero) is 1. The molecule has 4 aliphatic rings. The molecule has 0 aromatic rings. The molecule has 0 amide bonds. The first-order valence-electron chi connectivity index (χ1n) is 12.8. The SMILES string of the molecule is CCCC(=O)O[C@]1(C(=O)C(=O)OOC(C)=O)CCC2[C@@H]3CC(F)C4=CC(=O)C=C[C@]4(C)C3(F)[C@@H](O)C[C@@]21C. The second-order valence-corrected chi connectivity index (χ2v) is 11.2. The number of carbonyl (C=O) groups excluding carboxylic acids is 5. The standard InChI is InChI=1S/C27H32F2O9/c1-5-6-21(33)36-26(22(34)23(35)38-37-14(2)30)10-8-16-17-12-19(28)18-11-15(31)7-9-24(18,3)27(17,29)20(32)13-25(16,26)4/h7,9,11,16-17,19-20,32H,5-6,8,10,12-13H2,1-4H3/t16?,17-,19?,20-,24-,25-,26-,27?/m0/s1. The quantitative estimate of drug-likeness (QED) is 0.243. The van der Waals surface area contributed by atoms with Gasteiger partial charge in [0.25, 0.3) is 5.78 Å². The van der Waals surface area contributed by atoms with Crippen LogP contribution in [0.2, 0.25) is 0 Å². The third-order valence-corrected chi connectivity index (χ3v) is 9.28. The topological polar surface area (TPSA) is 133 Å². The lowest BCUT2D eigenvalue weighted by Crippen LogP contribution is -2.71. The van der Waals surface area contributed by atoms with Crippen LogP contribution in [0.25, 0.3) is 0 Å². The molecule has 0 aromatic heterocycles. The summed E-state index contributed by atoms with van der Waals surface area (Å²) in [5.74, 6) is -7.09. The number of ether oxygens (including phenoxy) is 1. The van der Waals surface area contributed by atoms with E-state index in [1.807, 2.05) is 0 Å². The van der Waals surface area contributed by atoms with Gasteiger partial charge in [0.05, 0.1) is 6.10 Å². The van der Waals surface area contributed by atoms with Crippen molar-refractivity contribution in [2.45, 2.75) is 89.8 Å². The van der Waals surface area contributed by atoms with Gasteiger partial charge in [-0.25, -0.2) is 28.1 Å². The molecule has 0 saturated heterocycles. The van der Waals surface area contributed by atoms with Crippen LogP contribution in [0.1, 0.15) is 66.2 Å². The van der Waals surface area contributed by atoms with Crippen molar-refractivity contribution in [3.63, 3.8) is 0 Å². The number of allylic oxidation sites excluding steroid dienone is 4. The van der Waals surface area contributed by atoms with E-state index >= 15 is 8.78 Å². The van der Waals surface area contributed by atoms with Gasteiger partial charge in [0.2, 0.25) is 0 Å². The van der Waals surface area contributed by atoms with Gasteiger partial charge >= 0.3 is 17.9 Å². The van der Waals surface area contributed by atoms with E-state index in [9.17, 15) is 29.1 Å². The van der Waals surface area contributed by atoms with Gasteiger partial charge in [0, 0.05) is 30.1 Å². The highest BCUT2D eigenvalue weighted by Crippen LogP contribution is 2.70. The van der Waals surface area contributed by atoms with E-state index < -0.39 is 82.1 Å². The summed E-state index contributed by atoms with van der Waals surface area (Å²) in [7, 11) is 0. The van der Waals surface area contributed by atoms with Crippen molar-refractivity contribution < 1.29 is 52.4 Å². The van der Waals surface area contributed by atoms with Crippen molar-refractivity contribution in [3.8, 4) is 0 Å². The molecule has 3 saturated carbocycles. The van der Waals surface area contributed by atoms with E-state index in [2.05, 4.69) is 9.78 Å². The number of hydrogen-bond donors (Lipinski definition) is 1. The highest BCUT2D eigenvalue weighted by Gasteiger charge is 2.77. The van der Waals surface area contributed by atoms with Gasteiger partial charge in [-0.05, 0) is 62.7 Å². The lowest BCUT2D eigenvalue weighted by Gasteiger charge is -2.63. The van der Waals surface area contributed by atoms with Crippen LogP contribution in [0.5, 0.6) is 0 Å². The summed E-state index contributed by atoms with van der Waals surface area (Å²) in [6.45, 7) is 5.62. The first-order chi connectivity index (χ1) is 17.7. The van der Waals surface area contributed by atoms with Crippen LogP contribution >= 0.6 is 0 Å². The number of halogens is 2.